The molecule has 4 nitrogen and oxygen atoms in total. The quantitative estimate of drug-likeness (QED) is 0.470. The molecule has 0 aliphatic rings. The molecule has 13 heavy (non-hydrogen) atoms. The minimum Gasteiger partial charge on any atom is -0.350 e. The summed E-state index contributed by atoms with van der Waals surface area (Å²) in [4.78, 5) is 22.7. The van der Waals surface area contributed by atoms with Gasteiger partial charge in [-0.2, -0.15) is 0 Å². The van der Waals surface area contributed by atoms with Crippen LogP contribution in [0, 0.1) is 0 Å². The second-order valence-electron chi connectivity index (χ2n) is 3.12. The van der Waals surface area contributed by atoms with Crippen molar-refractivity contribution < 1.29 is 9.59 Å². The van der Waals surface area contributed by atoms with E-state index in [0.717, 1.165) is 13.0 Å². The second kappa shape index (κ2) is 6.60. The van der Waals surface area contributed by atoms with E-state index < -0.39 is 5.91 Å². The molecule has 0 heterocycles. The van der Waals surface area contributed by atoms with Crippen LogP contribution in [0.4, 0.5) is 0 Å². The summed E-state index contributed by atoms with van der Waals surface area (Å²) >= 11 is 0. The van der Waals surface area contributed by atoms with Gasteiger partial charge in [0.2, 0.25) is 6.29 Å². The molecule has 0 radical (unpaired) electrons. The number of nitrogens with zero attached hydrogens (tertiary/aromatic N) is 1. The third kappa shape index (κ3) is 5.36. The van der Waals surface area contributed by atoms with Gasteiger partial charge in [0.05, 0.1) is 0 Å². The molecule has 0 saturated carbocycles. The van der Waals surface area contributed by atoms with E-state index in [1.54, 1.807) is 0 Å². The van der Waals surface area contributed by atoms with Crippen LogP contribution in [-0.4, -0.2) is 43.3 Å². The molecule has 1 unspecified atom stereocenters. The average molecular weight is 186 g/mol. The van der Waals surface area contributed by atoms with Crippen molar-refractivity contribution in [2.45, 2.75) is 26.3 Å². The lowest BCUT2D eigenvalue weighted by Gasteiger charge is -2.22. The molecule has 1 atom stereocenters. The first kappa shape index (κ1) is 12.1. The van der Waals surface area contributed by atoms with Crippen LogP contribution >= 0.6 is 0 Å². The van der Waals surface area contributed by atoms with Crippen molar-refractivity contribution in [2.24, 2.45) is 0 Å². The van der Waals surface area contributed by atoms with Gasteiger partial charge in [0.25, 0.3) is 5.91 Å². The molecular formula is C9H18N2O2. The van der Waals surface area contributed by atoms with Crippen LogP contribution in [0.25, 0.3) is 0 Å². The summed E-state index contributed by atoms with van der Waals surface area (Å²) in [7, 11) is 2.03. The van der Waals surface area contributed by atoms with Gasteiger partial charge in [-0.05, 0) is 26.9 Å². The number of aldehydes is 1. The summed E-state index contributed by atoms with van der Waals surface area (Å²) in [5, 5.41) is 2.51. The average Bonchev–Trinajstić information content (AvgIpc) is 2.15. The summed E-state index contributed by atoms with van der Waals surface area (Å²) in [5.41, 5.74) is 0. The Morgan fingerprint density at radius 2 is 2.23 bits per heavy atom. The van der Waals surface area contributed by atoms with Gasteiger partial charge in [-0.1, -0.05) is 6.92 Å². The Bertz CT molecular complexity index is 171. The number of nitrogens with one attached hydrogen (secondary N) is 1. The minimum absolute atomic E-state index is 0.300. The molecule has 0 aromatic heterocycles. The maximum Gasteiger partial charge on any atom is 0.284 e. The van der Waals surface area contributed by atoms with Crippen molar-refractivity contribution in [1.82, 2.24) is 10.2 Å². The highest BCUT2D eigenvalue weighted by Gasteiger charge is 2.06. The van der Waals surface area contributed by atoms with Gasteiger partial charge in [-0.25, -0.2) is 0 Å². The molecule has 0 rings (SSSR count). The molecule has 0 aromatic carbocycles. The number of hydrogen-bond donors (Lipinski definition) is 1. The smallest absolute Gasteiger partial charge is 0.284 e. The van der Waals surface area contributed by atoms with Crippen molar-refractivity contribution >= 4 is 12.2 Å². The summed E-state index contributed by atoms with van der Waals surface area (Å²) in [5.74, 6) is -0.536. The molecule has 4 heteroatoms. The van der Waals surface area contributed by atoms with Crippen LogP contribution in [0.15, 0.2) is 0 Å². The Balaban J connectivity index is 3.52. The van der Waals surface area contributed by atoms with Crippen LogP contribution in [0.3, 0.4) is 0 Å². The first-order valence-corrected chi connectivity index (χ1v) is 4.55. The zero-order chi connectivity index (χ0) is 10.3. The molecule has 0 bridgehead atoms. The Hall–Kier alpha value is -0.900. The fourth-order valence-corrected chi connectivity index (χ4v) is 0.978. The van der Waals surface area contributed by atoms with Gasteiger partial charge in [0.1, 0.15) is 0 Å². The fraction of sp³-hybridized carbons (Fsp3) is 0.778. The topological polar surface area (TPSA) is 49.4 Å². The Morgan fingerprint density at radius 1 is 1.62 bits per heavy atom. The van der Waals surface area contributed by atoms with Gasteiger partial charge in [0.15, 0.2) is 0 Å². The number of amides is 1. The number of rotatable bonds is 6. The van der Waals surface area contributed by atoms with E-state index in [4.69, 9.17) is 0 Å². The predicted octanol–water partition coefficient (Wildman–Crippen LogP) is 0.0318. The molecule has 0 fully saturated rings. The van der Waals surface area contributed by atoms with Crippen molar-refractivity contribution in [3.8, 4) is 0 Å². The Morgan fingerprint density at radius 3 is 2.69 bits per heavy atom. The monoisotopic (exact) mass is 186 g/mol. The van der Waals surface area contributed by atoms with E-state index in [9.17, 15) is 9.59 Å². The zero-order valence-corrected chi connectivity index (χ0v) is 8.54. The molecule has 76 valence electrons. The van der Waals surface area contributed by atoms with Gasteiger partial charge in [0, 0.05) is 12.6 Å². The molecule has 1 amide bonds. The third-order valence-electron chi connectivity index (χ3n) is 2.22. The SMILES string of the molecule is CCN(C)C(C)CCNC(=O)C=O. The summed E-state index contributed by atoms with van der Waals surface area (Å²) in [6.45, 7) is 5.73. The van der Waals surface area contributed by atoms with Crippen LogP contribution < -0.4 is 5.32 Å². The van der Waals surface area contributed by atoms with Crippen molar-refractivity contribution in [3.63, 3.8) is 0 Å². The lowest BCUT2D eigenvalue weighted by atomic mass is 10.2. The minimum atomic E-state index is -0.536. The van der Waals surface area contributed by atoms with E-state index in [1.807, 2.05) is 7.05 Å². The van der Waals surface area contributed by atoms with Crippen LogP contribution in [0.1, 0.15) is 20.3 Å². The van der Waals surface area contributed by atoms with Crippen LogP contribution in [0.2, 0.25) is 0 Å². The van der Waals surface area contributed by atoms with Crippen molar-refractivity contribution in [1.29, 1.82) is 0 Å². The zero-order valence-electron chi connectivity index (χ0n) is 8.54. The highest BCUT2D eigenvalue weighted by Crippen LogP contribution is 1.98. The van der Waals surface area contributed by atoms with Gasteiger partial charge in [-0.15, -0.1) is 0 Å². The van der Waals surface area contributed by atoms with Gasteiger partial charge in [-0.3, -0.25) is 9.59 Å². The van der Waals surface area contributed by atoms with E-state index in [0.29, 0.717) is 18.9 Å². The highest BCUT2D eigenvalue weighted by molar-refractivity contribution is 6.23. The molecule has 0 aliphatic heterocycles. The largest absolute Gasteiger partial charge is 0.350 e. The summed E-state index contributed by atoms with van der Waals surface area (Å²) in [6, 6.07) is 0.428. The Kier molecular flexibility index (Phi) is 6.14. The van der Waals surface area contributed by atoms with Gasteiger partial charge < -0.3 is 10.2 Å². The fourth-order valence-electron chi connectivity index (χ4n) is 0.978. The first-order chi connectivity index (χ1) is 6.11. The Labute approximate surface area is 79.3 Å². The first-order valence-electron chi connectivity index (χ1n) is 4.55. The molecule has 0 saturated heterocycles. The normalized spacial score (nSPS) is 12.6. The van der Waals surface area contributed by atoms with Crippen molar-refractivity contribution in [2.75, 3.05) is 20.1 Å². The summed E-state index contributed by atoms with van der Waals surface area (Å²) in [6.07, 6.45) is 1.16. The number of hydrogen-bond acceptors (Lipinski definition) is 3. The van der Waals surface area contributed by atoms with Crippen LogP contribution in [0.5, 0.6) is 0 Å². The number of carbonyl (C=O) groups excluding carboxylic acids is 2. The predicted molar refractivity (Wildman–Crippen MR) is 51.5 cm³/mol. The maximum absolute atomic E-state index is 10.5. The molecule has 1 N–H and O–H groups in total. The van der Waals surface area contributed by atoms with Crippen molar-refractivity contribution in [3.05, 3.63) is 0 Å². The molecular weight excluding hydrogens is 168 g/mol. The van der Waals surface area contributed by atoms with Crippen LogP contribution in [-0.2, 0) is 9.59 Å². The lowest BCUT2D eigenvalue weighted by molar-refractivity contribution is -0.131. The molecule has 0 aromatic rings. The molecule has 0 spiro atoms. The number of carbonyl (C=O) groups is 2. The van der Waals surface area contributed by atoms with E-state index in [2.05, 4.69) is 24.1 Å². The van der Waals surface area contributed by atoms with E-state index in [1.165, 1.54) is 0 Å². The standard InChI is InChI=1S/C9H18N2O2/c1-4-11(3)8(2)5-6-10-9(13)7-12/h7-8H,4-6H2,1-3H3,(H,10,13). The highest BCUT2D eigenvalue weighted by atomic mass is 16.2. The summed E-state index contributed by atoms with van der Waals surface area (Å²) < 4.78 is 0. The maximum atomic E-state index is 10.5. The third-order valence-corrected chi connectivity index (χ3v) is 2.22. The van der Waals surface area contributed by atoms with E-state index >= 15 is 0 Å². The van der Waals surface area contributed by atoms with Gasteiger partial charge >= 0.3 is 0 Å². The molecule has 0 aliphatic carbocycles. The second-order valence-corrected chi connectivity index (χ2v) is 3.12. The van der Waals surface area contributed by atoms with E-state index in [-0.39, 0.29) is 0 Å². The lowest BCUT2D eigenvalue weighted by Crippen LogP contribution is -2.34.